The molecule has 0 aliphatic carbocycles. The number of ether oxygens (including phenoxy) is 1. The van der Waals surface area contributed by atoms with Gasteiger partial charge in [0.15, 0.2) is 0 Å². The Balaban J connectivity index is 1.45. The first kappa shape index (κ1) is 27.6. The Bertz CT molecular complexity index is 1460. The Morgan fingerprint density at radius 2 is 1.75 bits per heavy atom. The van der Waals surface area contributed by atoms with E-state index in [1.165, 1.54) is 0 Å². The molecule has 0 spiro atoms. The molecule has 2 aromatic carbocycles. The Kier molecular flexibility index (Phi) is 7.81. The first-order valence-electron chi connectivity index (χ1n) is 14.1. The highest BCUT2D eigenvalue weighted by Gasteiger charge is 2.37. The summed E-state index contributed by atoms with van der Waals surface area (Å²) in [4.78, 5) is 48.3. The summed E-state index contributed by atoms with van der Waals surface area (Å²) in [6.45, 7) is 12.2. The molecule has 0 unspecified atom stereocenters. The molecule has 2 amide bonds. The number of piperazine rings is 1. The number of amides is 2. The molecule has 0 atom stereocenters. The number of aromatic amines is 1. The van der Waals surface area contributed by atoms with Crippen molar-refractivity contribution in [1.29, 1.82) is 0 Å². The molecule has 40 heavy (non-hydrogen) atoms. The summed E-state index contributed by atoms with van der Waals surface area (Å²) >= 11 is 0. The third-order valence-corrected chi connectivity index (χ3v) is 7.82. The summed E-state index contributed by atoms with van der Waals surface area (Å²) in [7, 11) is 0. The smallest absolute Gasteiger partial charge is 0.341 e. The average Bonchev–Trinajstić information content (AvgIpc) is 3.29. The minimum Gasteiger partial charge on any atom is -0.462 e. The maximum Gasteiger partial charge on any atom is 0.341 e. The van der Waals surface area contributed by atoms with Crippen LogP contribution in [0.15, 0.2) is 54.7 Å². The van der Waals surface area contributed by atoms with Crippen LogP contribution in [0.2, 0.25) is 0 Å². The van der Waals surface area contributed by atoms with Gasteiger partial charge in [-0.3, -0.25) is 14.5 Å². The number of carbonyl (C=O) groups is 3. The SMILES string of the molecule is CCCOC(=O)C1=CN(C(=O)c2cccc(CN3CCN(C(C)=O)CC3)c2)CC(C)(C)c2c1[nH]c1ccccc21. The molecule has 210 valence electrons. The van der Waals surface area contributed by atoms with Gasteiger partial charge in [0.1, 0.15) is 0 Å². The van der Waals surface area contributed by atoms with Gasteiger partial charge in [-0.15, -0.1) is 0 Å². The van der Waals surface area contributed by atoms with Gasteiger partial charge in [0.05, 0.1) is 17.9 Å². The van der Waals surface area contributed by atoms with Gasteiger partial charge in [-0.05, 0) is 35.7 Å². The van der Waals surface area contributed by atoms with Gasteiger partial charge in [-0.1, -0.05) is 51.1 Å². The predicted octanol–water partition coefficient (Wildman–Crippen LogP) is 4.56. The molecule has 3 aromatic rings. The standard InChI is InChI=1S/C32H38N4O4/c1-5-17-40-31(39)26-20-36(21-32(3,4)28-25-11-6-7-12-27(25)33-29(26)28)30(38)24-10-8-9-23(18-24)19-34-13-15-35(16-14-34)22(2)37/h6-12,18,20,33H,5,13-17,19,21H2,1-4H3. The van der Waals surface area contributed by atoms with Crippen LogP contribution in [-0.4, -0.2) is 76.8 Å². The summed E-state index contributed by atoms with van der Waals surface area (Å²) in [5.74, 6) is -0.493. The van der Waals surface area contributed by atoms with Crippen molar-refractivity contribution in [2.45, 2.75) is 46.1 Å². The fourth-order valence-electron chi connectivity index (χ4n) is 5.82. The zero-order valence-electron chi connectivity index (χ0n) is 23.8. The van der Waals surface area contributed by atoms with Gasteiger partial charge in [0.2, 0.25) is 5.91 Å². The van der Waals surface area contributed by atoms with E-state index in [1.807, 2.05) is 54.3 Å². The Labute approximate surface area is 235 Å². The monoisotopic (exact) mass is 542 g/mol. The van der Waals surface area contributed by atoms with Crippen molar-refractivity contribution in [2.24, 2.45) is 0 Å². The molecule has 5 rings (SSSR count). The van der Waals surface area contributed by atoms with E-state index in [4.69, 9.17) is 4.74 Å². The summed E-state index contributed by atoms with van der Waals surface area (Å²) in [6.07, 6.45) is 2.38. The Hall–Kier alpha value is -3.91. The van der Waals surface area contributed by atoms with E-state index in [-0.39, 0.29) is 11.8 Å². The lowest BCUT2D eigenvalue weighted by molar-refractivity contribution is -0.136. The Morgan fingerprint density at radius 3 is 2.48 bits per heavy atom. The number of rotatable bonds is 6. The van der Waals surface area contributed by atoms with Crippen LogP contribution < -0.4 is 0 Å². The number of esters is 1. The summed E-state index contributed by atoms with van der Waals surface area (Å²) in [6, 6.07) is 15.7. The van der Waals surface area contributed by atoms with Crippen LogP contribution in [0, 0.1) is 0 Å². The number of hydrogen-bond donors (Lipinski definition) is 1. The maximum atomic E-state index is 14.0. The molecule has 2 aliphatic rings. The van der Waals surface area contributed by atoms with Gasteiger partial charge in [-0.2, -0.15) is 0 Å². The van der Waals surface area contributed by atoms with Crippen LogP contribution in [0.25, 0.3) is 16.5 Å². The number of H-pyrrole nitrogens is 1. The zero-order chi connectivity index (χ0) is 28.4. The second kappa shape index (κ2) is 11.3. The van der Waals surface area contributed by atoms with E-state index in [2.05, 4.69) is 29.8 Å². The largest absolute Gasteiger partial charge is 0.462 e. The van der Waals surface area contributed by atoms with Crippen molar-refractivity contribution in [3.05, 3.63) is 77.1 Å². The van der Waals surface area contributed by atoms with E-state index in [0.29, 0.717) is 56.0 Å². The van der Waals surface area contributed by atoms with Gasteiger partial charge >= 0.3 is 5.97 Å². The van der Waals surface area contributed by atoms with Gasteiger partial charge in [0, 0.05) is 74.3 Å². The van der Waals surface area contributed by atoms with Crippen LogP contribution in [-0.2, 0) is 26.3 Å². The molecular weight excluding hydrogens is 504 g/mol. The maximum absolute atomic E-state index is 14.0. The van der Waals surface area contributed by atoms with Crippen molar-refractivity contribution >= 4 is 34.3 Å². The topological polar surface area (TPSA) is 85.9 Å². The van der Waals surface area contributed by atoms with Crippen LogP contribution in [0.1, 0.15) is 61.3 Å². The number of fused-ring (bicyclic) bond motifs is 3. The van der Waals surface area contributed by atoms with E-state index < -0.39 is 11.4 Å². The van der Waals surface area contributed by atoms with Crippen LogP contribution in [0.4, 0.5) is 0 Å². The number of nitrogens with zero attached hydrogens (tertiary/aromatic N) is 3. The molecule has 8 nitrogen and oxygen atoms in total. The normalized spacial score (nSPS) is 17.2. The van der Waals surface area contributed by atoms with Crippen molar-refractivity contribution < 1.29 is 19.1 Å². The Morgan fingerprint density at radius 1 is 1.00 bits per heavy atom. The minimum absolute atomic E-state index is 0.109. The minimum atomic E-state index is -0.443. The summed E-state index contributed by atoms with van der Waals surface area (Å²) in [5, 5.41) is 1.04. The second-order valence-corrected chi connectivity index (χ2v) is 11.4. The molecule has 1 saturated heterocycles. The molecule has 1 N–H and O–H groups in total. The zero-order valence-corrected chi connectivity index (χ0v) is 23.8. The number of carbonyl (C=O) groups excluding carboxylic acids is 3. The van der Waals surface area contributed by atoms with E-state index in [9.17, 15) is 14.4 Å². The molecule has 1 fully saturated rings. The highest BCUT2D eigenvalue weighted by Crippen LogP contribution is 2.40. The molecular formula is C32H38N4O4. The number of hydrogen-bond acceptors (Lipinski definition) is 5. The highest BCUT2D eigenvalue weighted by molar-refractivity contribution is 6.18. The molecule has 0 bridgehead atoms. The summed E-state index contributed by atoms with van der Waals surface area (Å²) < 4.78 is 5.57. The third-order valence-electron chi connectivity index (χ3n) is 7.82. The van der Waals surface area contributed by atoms with Crippen molar-refractivity contribution in [2.75, 3.05) is 39.3 Å². The fraction of sp³-hybridized carbons (Fsp3) is 0.406. The van der Waals surface area contributed by atoms with Crippen LogP contribution in [0.5, 0.6) is 0 Å². The van der Waals surface area contributed by atoms with Gasteiger partial charge in [0.25, 0.3) is 5.91 Å². The lowest BCUT2D eigenvalue weighted by atomic mass is 9.81. The van der Waals surface area contributed by atoms with Crippen molar-refractivity contribution in [3.63, 3.8) is 0 Å². The molecule has 2 aliphatic heterocycles. The third kappa shape index (κ3) is 5.54. The summed E-state index contributed by atoms with van der Waals surface area (Å²) in [5.41, 5.74) is 4.20. The van der Waals surface area contributed by atoms with Crippen LogP contribution in [0.3, 0.4) is 0 Å². The van der Waals surface area contributed by atoms with Gasteiger partial charge < -0.3 is 19.5 Å². The molecule has 3 heterocycles. The molecule has 0 radical (unpaired) electrons. The lowest BCUT2D eigenvalue weighted by Crippen LogP contribution is -2.47. The fourth-order valence-corrected chi connectivity index (χ4v) is 5.82. The number of benzene rings is 2. The lowest BCUT2D eigenvalue weighted by Gasteiger charge is -2.34. The number of nitrogens with one attached hydrogen (secondary N) is 1. The first-order chi connectivity index (χ1) is 19.2. The highest BCUT2D eigenvalue weighted by atomic mass is 16.5. The first-order valence-corrected chi connectivity index (χ1v) is 14.1. The van der Waals surface area contributed by atoms with Crippen molar-refractivity contribution in [3.8, 4) is 0 Å². The number of aromatic nitrogens is 1. The van der Waals surface area contributed by atoms with Crippen LogP contribution >= 0.6 is 0 Å². The van der Waals surface area contributed by atoms with E-state index in [1.54, 1.807) is 18.0 Å². The van der Waals surface area contributed by atoms with E-state index >= 15 is 0 Å². The van der Waals surface area contributed by atoms with Crippen molar-refractivity contribution in [1.82, 2.24) is 19.7 Å². The quantitative estimate of drug-likeness (QED) is 0.462. The number of para-hydroxylation sites is 1. The van der Waals surface area contributed by atoms with E-state index in [0.717, 1.165) is 35.1 Å². The molecule has 8 heteroatoms. The molecule has 1 aromatic heterocycles. The molecule has 0 saturated carbocycles. The average molecular weight is 543 g/mol. The predicted molar refractivity (Wildman–Crippen MR) is 156 cm³/mol. The second-order valence-electron chi connectivity index (χ2n) is 11.4. The van der Waals surface area contributed by atoms with Gasteiger partial charge in [-0.25, -0.2) is 4.79 Å².